The Labute approximate surface area is 281 Å². The summed E-state index contributed by atoms with van der Waals surface area (Å²) in [6.45, 7) is 10.8. The molecule has 2 aliphatic heterocycles. The van der Waals surface area contributed by atoms with E-state index in [1.165, 1.54) is 7.11 Å². The van der Waals surface area contributed by atoms with Crippen molar-refractivity contribution in [2.75, 3.05) is 40.6 Å². The Hall–Kier alpha value is -4.46. The summed E-state index contributed by atoms with van der Waals surface area (Å²) in [4.78, 5) is 32.3. The van der Waals surface area contributed by atoms with Gasteiger partial charge in [0.15, 0.2) is 11.6 Å². The predicted molar refractivity (Wildman–Crippen MR) is 181 cm³/mol. The number of aliphatic hydroxyl groups excluding tert-OH is 1. The topological polar surface area (TPSA) is 185 Å². The van der Waals surface area contributed by atoms with E-state index in [9.17, 15) is 14.7 Å². The van der Waals surface area contributed by atoms with E-state index in [0.29, 0.717) is 29.0 Å². The molecule has 0 amide bonds. The molecular formula is C35H48N6O7. The molecule has 4 aromatic rings. The number of aryl methyl sites for hydroxylation is 4. The molecule has 2 fully saturated rings. The SMILES string of the molecule is C.CO.COC(=O)c1cc(-c2n[nH]c(CC3CCOC3)n2)c(C)cc1C.Cc1cc(C)c(-c2n[nH]c(CC3CCOC3)n2)cc1C(=O)O. The lowest BCUT2D eigenvalue weighted by Gasteiger charge is -2.08. The van der Waals surface area contributed by atoms with Crippen LogP contribution in [0.3, 0.4) is 0 Å². The van der Waals surface area contributed by atoms with Crippen molar-refractivity contribution in [3.05, 3.63) is 69.3 Å². The summed E-state index contributed by atoms with van der Waals surface area (Å²) in [5.74, 6) is 2.54. The predicted octanol–water partition coefficient (Wildman–Crippen LogP) is 5.06. The number of nitrogens with one attached hydrogen (secondary N) is 2. The first-order valence-electron chi connectivity index (χ1n) is 15.6. The summed E-state index contributed by atoms with van der Waals surface area (Å²) in [5.41, 5.74) is 6.07. The van der Waals surface area contributed by atoms with Crippen LogP contribution in [0.1, 0.15) is 74.9 Å². The number of carboxylic acid groups (broad SMARTS) is 1. The van der Waals surface area contributed by atoms with Crippen LogP contribution >= 0.6 is 0 Å². The van der Waals surface area contributed by atoms with Crippen LogP contribution < -0.4 is 0 Å². The maximum absolute atomic E-state index is 11.9. The van der Waals surface area contributed by atoms with E-state index in [1.54, 1.807) is 13.0 Å². The van der Waals surface area contributed by atoms with Gasteiger partial charge < -0.3 is 24.4 Å². The minimum atomic E-state index is -0.933. The van der Waals surface area contributed by atoms with Crippen LogP contribution in [-0.2, 0) is 27.1 Å². The van der Waals surface area contributed by atoms with Gasteiger partial charge in [0.25, 0.3) is 0 Å². The molecule has 13 heteroatoms. The molecule has 0 bridgehead atoms. The van der Waals surface area contributed by atoms with Crippen LogP contribution in [0.5, 0.6) is 0 Å². The Balaban J connectivity index is 0.000000243. The fraction of sp³-hybridized carbons (Fsp3) is 0.486. The molecule has 2 aliphatic rings. The number of esters is 1. The molecule has 13 nitrogen and oxygen atoms in total. The average molecular weight is 665 g/mol. The molecule has 48 heavy (non-hydrogen) atoms. The number of aromatic nitrogens is 6. The lowest BCUT2D eigenvalue weighted by atomic mass is 9.99. The number of rotatable bonds is 8. The van der Waals surface area contributed by atoms with E-state index in [1.807, 2.05) is 39.0 Å². The second kappa shape index (κ2) is 17.6. The van der Waals surface area contributed by atoms with Crippen LogP contribution in [0.15, 0.2) is 24.3 Å². The van der Waals surface area contributed by atoms with Crippen LogP contribution in [0.25, 0.3) is 22.8 Å². The molecule has 2 saturated heterocycles. The van der Waals surface area contributed by atoms with Gasteiger partial charge in [-0.1, -0.05) is 19.6 Å². The number of aromatic carboxylic acids is 1. The minimum absolute atomic E-state index is 0. The van der Waals surface area contributed by atoms with E-state index in [0.717, 1.165) is 104 Å². The molecule has 260 valence electrons. The molecule has 2 unspecified atom stereocenters. The molecule has 0 spiro atoms. The maximum atomic E-state index is 11.9. The lowest BCUT2D eigenvalue weighted by Crippen LogP contribution is -2.05. The Kier molecular flexibility index (Phi) is 13.9. The monoisotopic (exact) mass is 664 g/mol. The van der Waals surface area contributed by atoms with Crippen molar-refractivity contribution in [2.24, 2.45) is 11.8 Å². The molecule has 0 radical (unpaired) electrons. The standard InChI is InChI=1S/C17H21N3O3.C16H19N3O3.CH4O.CH4/c1-10-6-11(2)14(17(21)22-3)8-13(10)16-18-15(19-20-16)7-12-4-5-23-9-12;1-9-5-10(2)13(16(20)21)7-12(9)15-17-14(18-19-15)6-11-3-4-22-8-11;1-2;/h6,8,12H,4-5,7,9H2,1-3H3,(H,18,19,20);5,7,11H,3-4,6,8H2,1-2H3,(H,20,21)(H,17,18,19);2H,1H3;1H4. The molecule has 2 atom stereocenters. The molecule has 0 saturated carbocycles. The number of carbonyl (C=O) groups is 2. The first-order chi connectivity index (χ1) is 22.6. The summed E-state index contributed by atoms with van der Waals surface area (Å²) >= 11 is 0. The van der Waals surface area contributed by atoms with E-state index in [-0.39, 0.29) is 19.0 Å². The smallest absolute Gasteiger partial charge is 0.338 e. The number of hydrogen-bond donors (Lipinski definition) is 4. The number of carbonyl (C=O) groups excluding carboxylic acids is 1. The number of H-pyrrole nitrogens is 2. The lowest BCUT2D eigenvalue weighted by molar-refractivity contribution is 0.0599. The molecular weight excluding hydrogens is 616 g/mol. The van der Waals surface area contributed by atoms with Gasteiger partial charge in [0.2, 0.25) is 0 Å². The fourth-order valence-corrected chi connectivity index (χ4v) is 5.80. The van der Waals surface area contributed by atoms with Crippen molar-refractivity contribution >= 4 is 11.9 Å². The van der Waals surface area contributed by atoms with Crippen molar-refractivity contribution in [3.8, 4) is 22.8 Å². The second-order valence-electron chi connectivity index (χ2n) is 11.8. The highest BCUT2D eigenvalue weighted by Gasteiger charge is 2.21. The summed E-state index contributed by atoms with van der Waals surface area (Å²) in [7, 11) is 2.38. The van der Waals surface area contributed by atoms with Gasteiger partial charge >= 0.3 is 11.9 Å². The zero-order valence-electron chi connectivity index (χ0n) is 27.8. The van der Waals surface area contributed by atoms with Crippen molar-refractivity contribution < 1.29 is 34.0 Å². The third-order valence-corrected chi connectivity index (χ3v) is 8.34. The van der Waals surface area contributed by atoms with Gasteiger partial charge in [-0.15, -0.1) is 0 Å². The highest BCUT2D eigenvalue weighted by molar-refractivity contribution is 5.93. The third-order valence-electron chi connectivity index (χ3n) is 8.34. The average Bonchev–Trinajstić information content (AvgIpc) is 3.88. The minimum Gasteiger partial charge on any atom is -0.478 e. The normalized spacial score (nSPS) is 16.6. The third kappa shape index (κ3) is 9.33. The van der Waals surface area contributed by atoms with E-state index in [4.69, 9.17) is 19.3 Å². The first-order valence-corrected chi connectivity index (χ1v) is 15.6. The van der Waals surface area contributed by atoms with Crippen molar-refractivity contribution in [1.82, 2.24) is 30.4 Å². The number of aromatic amines is 2. The van der Waals surface area contributed by atoms with Crippen molar-refractivity contribution in [1.29, 1.82) is 0 Å². The number of hydrogen-bond acceptors (Lipinski definition) is 10. The molecule has 0 aliphatic carbocycles. The van der Waals surface area contributed by atoms with Gasteiger partial charge in [0, 0.05) is 57.5 Å². The van der Waals surface area contributed by atoms with E-state index in [2.05, 4.69) is 30.4 Å². The number of methoxy groups -OCH3 is 1. The summed E-state index contributed by atoms with van der Waals surface area (Å²) in [6.07, 6.45) is 3.75. The summed E-state index contributed by atoms with van der Waals surface area (Å²) in [6, 6.07) is 7.28. The molecule has 2 aromatic heterocycles. The molecule has 6 rings (SSSR count). The number of carboxylic acids is 1. The summed E-state index contributed by atoms with van der Waals surface area (Å²) < 4.78 is 15.6. The Morgan fingerprint density at radius 3 is 1.60 bits per heavy atom. The Morgan fingerprint density at radius 1 is 0.771 bits per heavy atom. The van der Waals surface area contributed by atoms with Crippen LogP contribution in [0.4, 0.5) is 0 Å². The first kappa shape index (κ1) is 38.0. The summed E-state index contributed by atoms with van der Waals surface area (Å²) in [5, 5.41) is 30.8. The van der Waals surface area contributed by atoms with Crippen molar-refractivity contribution in [2.45, 2.75) is 60.8 Å². The van der Waals surface area contributed by atoms with Gasteiger partial charge in [-0.25, -0.2) is 19.6 Å². The largest absolute Gasteiger partial charge is 0.478 e. The molecule has 4 heterocycles. The molecule has 4 N–H and O–H groups in total. The van der Waals surface area contributed by atoms with Gasteiger partial charge in [0.1, 0.15) is 11.6 Å². The quantitative estimate of drug-likeness (QED) is 0.184. The zero-order chi connectivity index (χ0) is 34.1. The van der Waals surface area contributed by atoms with Crippen LogP contribution in [-0.4, -0.2) is 93.2 Å². The zero-order valence-corrected chi connectivity index (χ0v) is 27.8. The number of nitrogens with zero attached hydrogens (tertiary/aromatic N) is 4. The van der Waals surface area contributed by atoms with Crippen LogP contribution in [0.2, 0.25) is 0 Å². The highest BCUT2D eigenvalue weighted by atomic mass is 16.5. The highest BCUT2D eigenvalue weighted by Crippen LogP contribution is 2.27. The Morgan fingerprint density at radius 2 is 1.21 bits per heavy atom. The Bertz CT molecular complexity index is 1670. The van der Waals surface area contributed by atoms with Gasteiger partial charge in [-0.3, -0.25) is 10.2 Å². The van der Waals surface area contributed by atoms with Gasteiger partial charge in [-0.05, 0) is 86.8 Å². The second-order valence-corrected chi connectivity index (χ2v) is 11.8. The van der Waals surface area contributed by atoms with Crippen LogP contribution in [0, 0.1) is 39.5 Å². The van der Waals surface area contributed by atoms with E-state index < -0.39 is 5.97 Å². The molecule has 2 aromatic carbocycles. The van der Waals surface area contributed by atoms with E-state index >= 15 is 0 Å². The maximum Gasteiger partial charge on any atom is 0.338 e. The van der Waals surface area contributed by atoms with Gasteiger partial charge in [0.05, 0.1) is 18.2 Å². The number of ether oxygens (including phenoxy) is 3. The number of aliphatic hydroxyl groups is 1. The number of benzene rings is 2. The fourth-order valence-electron chi connectivity index (χ4n) is 5.80. The van der Waals surface area contributed by atoms with Crippen molar-refractivity contribution in [3.63, 3.8) is 0 Å². The van der Waals surface area contributed by atoms with Gasteiger partial charge in [-0.2, -0.15) is 10.2 Å².